The van der Waals surface area contributed by atoms with E-state index >= 15 is 0 Å². The number of benzene rings is 1. The summed E-state index contributed by atoms with van der Waals surface area (Å²) in [7, 11) is 0. The number of carbonyl (C=O) groups is 2. The molecule has 0 bridgehead atoms. The normalized spacial score (nSPS) is 9.88. The maximum absolute atomic E-state index is 10.9. The third-order valence-corrected chi connectivity index (χ3v) is 2.54. The van der Waals surface area contributed by atoms with E-state index in [4.69, 9.17) is 33.4 Å². The zero-order valence-corrected chi connectivity index (χ0v) is 9.34. The molecule has 1 rings (SSSR count). The molecular weight excluding hydrogens is 257 g/mol. The number of hydrogen-bond donors (Lipinski definition) is 3. The summed E-state index contributed by atoms with van der Waals surface area (Å²) in [5.74, 6) is -2.39. The molecule has 0 fully saturated rings. The molecule has 0 aromatic heterocycles. The average Bonchev–Trinajstić information content (AvgIpc) is 2.19. The molecule has 1 aromatic carbocycles. The van der Waals surface area contributed by atoms with Crippen LogP contribution in [-0.4, -0.2) is 28.7 Å². The molecule has 0 amide bonds. The van der Waals surface area contributed by atoms with E-state index in [1.807, 2.05) is 0 Å². The molecule has 7 heteroatoms. The Bertz CT molecular complexity index is 447. The number of carboxylic acid groups (broad SMARTS) is 2. The summed E-state index contributed by atoms with van der Waals surface area (Å²) in [6, 6.07) is 2.75. The van der Waals surface area contributed by atoms with E-state index in [1.54, 1.807) is 0 Å². The van der Waals surface area contributed by atoms with E-state index in [-0.39, 0.29) is 21.3 Å². The first kappa shape index (κ1) is 12.6. The second kappa shape index (κ2) is 5.05. The van der Waals surface area contributed by atoms with Crippen molar-refractivity contribution in [1.29, 1.82) is 0 Å². The van der Waals surface area contributed by atoms with Crippen LogP contribution in [0.1, 0.15) is 10.4 Å². The van der Waals surface area contributed by atoms with Crippen LogP contribution in [0.4, 0.5) is 5.69 Å². The lowest BCUT2D eigenvalue weighted by Crippen LogP contribution is -2.15. The Kier molecular flexibility index (Phi) is 3.98. The van der Waals surface area contributed by atoms with Crippen molar-refractivity contribution >= 4 is 40.8 Å². The number of halogens is 2. The molecule has 1 aromatic rings. The van der Waals surface area contributed by atoms with Gasteiger partial charge in [-0.15, -0.1) is 0 Å². The van der Waals surface area contributed by atoms with E-state index in [0.29, 0.717) is 0 Å². The lowest BCUT2D eigenvalue weighted by atomic mass is 10.1. The smallest absolute Gasteiger partial charge is 0.339 e. The van der Waals surface area contributed by atoms with Crippen LogP contribution in [0.25, 0.3) is 0 Å². The lowest BCUT2D eigenvalue weighted by molar-refractivity contribution is -0.134. The van der Waals surface area contributed by atoms with E-state index in [9.17, 15) is 9.59 Å². The number of aliphatic carboxylic acids is 1. The van der Waals surface area contributed by atoms with Crippen LogP contribution in [-0.2, 0) is 4.79 Å². The fourth-order valence-electron chi connectivity index (χ4n) is 1.08. The molecule has 86 valence electrons. The first-order chi connectivity index (χ1) is 7.43. The van der Waals surface area contributed by atoms with Gasteiger partial charge < -0.3 is 15.5 Å². The summed E-state index contributed by atoms with van der Waals surface area (Å²) in [6.07, 6.45) is 0. The number of anilines is 1. The van der Waals surface area contributed by atoms with Gasteiger partial charge in [0, 0.05) is 0 Å². The molecule has 0 saturated carbocycles. The van der Waals surface area contributed by atoms with Gasteiger partial charge in [-0.1, -0.05) is 23.2 Å². The minimum atomic E-state index is -1.28. The summed E-state index contributed by atoms with van der Waals surface area (Å²) in [5, 5.41) is 19.8. The number of carboxylic acids is 2. The van der Waals surface area contributed by atoms with Crippen LogP contribution in [0.15, 0.2) is 12.1 Å². The van der Waals surface area contributed by atoms with Gasteiger partial charge in [0.1, 0.15) is 12.1 Å². The van der Waals surface area contributed by atoms with E-state index in [1.165, 1.54) is 12.1 Å². The van der Waals surface area contributed by atoms with E-state index < -0.39 is 18.5 Å². The standard InChI is InChI=1S/C9H7Cl2NO4/c10-4-1-2-5(12-3-6(13)14)7(8(4)11)9(15)16/h1-2,12H,3H2,(H,13,14)(H,15,16). The number of rotatable bonds is 4. The highest BCUT2D eigenvalue weighted by molar-refractivity contribution is 6.44. The van der Waals surface area contributed by atoms with Gasteiger partial charge in [-0.2, -0.15) is 0 Å². The average molecular weight is 264 g/mol. The van der Waals surface area contributed by atoms with Crippen molar-refractivity contribution < 1.29 is 19.8 Å². The van der Waals surface area contributed by atoms with Crippen molar-refractivity contribution in [3.63, 3.8) is 0 Å². The highest BCUT2D eigenvalue weighted by atomic mass is 35.5. The lowest BCUT2D eigenvalue weighted by Gasteiger charge is -2.09. The number of nitrogens with one attached hydrogen (secondary N) is 1. The van der Waals surface area contributed by atoms with Gasteiger partial charge in [-0.25, -0.2) is 4.79 Å². The number of aromatic carboxylic acids is 1. The summed E-state index contributed by atoms with van der Waals surface area (Å²) < 4.78 is 0. The molecule has 5 nitrogen and oxygen atoms in total. The SMILES string of the molecule is O=C(O)CNc1ccc(Cl)c(Cl)c1C(=O)O. The van der Waals surface area contributed by atoms with Gasteiger partial charge in [-0.05, 0) is 12.1 Å². The van der Waals surface area contributed by atoms with Crippen molar-refractivity contribution in [2.24, 2.45) is 0 Å². The predicted molar refractivity (Wildman–Crippen MR) is 59.5 cm³/mol. The first-order valence-electron chi connectivity index (χ1n) is 4.10. The van der Waals surface area contributed by atoms with Gasteiger partial charge in [0.25, 0.3) is 0 Å². The molecule has 0 aliphatic heterocycles. The minimum Gasteiger partial charge on any atom is -0.480 e. The van der Waals surface area contributed by atoms with Crippen LogP contribution in [0, 0.1) is 0 Å². The Morgan fingerprint density at radius 1 is 1.25 bits per heavy atom. The molecule has 0 aliphatic rings. The van der Waals surface area contributed by atoms with Crippen molar-refractivity contribution in [2.75, 3.05) is 11.9 Å². The monoisotopic (exact) mass is 263 g/mol. The molecule has 0 heterocycles. The Morgan fingerprint density at radius 3 is 2.38 bits per heavy atom. The molecule has 3 N–H and O–H groups in total. The zero-order chi connectivity index (χ0) is 12.3. The Balaban J connectivity index is 3.13. The third kappa shape index (κ3) is 2.77. The van der Waals surface area contributed by atoms with Gasteiger partial charge in [0.15, 0.2) is 0 Å². The highest BCUT2D eigenvalue weighted by Crippen LogP contribution is 2.31. The summed E-state index contributed by atoms with van der Waals surface area (Å²) >= 11 is 11.4. The van der Waals surface area contributed by atoms with Crippen molar-refractivity contribution in [1.82, 2.24) is 0 Å². The first-order valence-corrected chi connectivity index (χ1v) is 4.86. The molecule has 0 spiro atoms. The molecular formula is C9H7Cl2NO4. The van der Waals surface area contributed by atoms with Crippen LogP contribution in [0.2, 0.25) is 10.0 Å². The largest absolute Gasteiger partial charge is 0.480 e. The topological polar surface area (TPSA) is 86.6 Å². The van der Waals surface area contributed by atoms with E-state index in [0.717, 1.165) is 0 Å². The maximum atomic E-state index is 10.9. The highest BCUT2D eigenvalue weighted by Gasteiger charge is 2.17. The van der Waals surface area contributed by atoms with Crippen LogP contribution < -0.4 is 5.32 Å². The fourth-order valence-corrected chi connectivity index (χ4v) is 1.48. The number of hydrogen-bond acceptors (Lipinski definition) is 3. The second-order valence-corrected chi connectivity index (χ2v) is 3.62. The van der Waals surface area contributed by atoms with Crippen molar-refractivity contribution in [3.8, 4) is 0 Å². The fraction of sp³-hybridized carbons (Fsp3) is 0.111. The predicted octanol–water partition coefficient (Wildman–Crippen LogP) is 2.19. The Morgan fingerprint density at radius 2 is 1.88 bits per heavy atom. The maximum Gasteiger partial charge on any atom is 0.339 e. The third-order valence-electron chi connectivity index (χ3n) is 1.74. The van der Waals surface area contributed by atoms with Crippen LogP contribution >= 0.6 is 23.2 Å². The van der Waals surface area contributed by atoms with Gasteiger partial charge in [-0.3, -0.25) is 4.79 Å². The summed E-state index contributed by atoms with van der Waals surface area (Å²) in [5.41, 5.74) is -0.125. The quantitative estimate of drug-likeness (QED) is 0.775. The molecule has 0 atom stereocenters. The molecule has 16 heavy (non-hydrogen) atoms. The summed E-state index contributed by atoms with van der Waals surface area (Å²) in [4.78, 5) is 21.2. The summed E-state index contributed by atoms with van der Waals surface area (Å²) in [6.45, 7) is -0.405. The van der Waals surface area contributed by atoms with Crippen molar-refractivity contribution in [3.05, 3.63) is 27.7 Å². The molecule has 0 aliphatic carbocycles. The van der Waals surface area contributed by atoms with Gasteiger partial charge in [0.05, 0.1) is 15.7 Å². The Labute approximate surface area is 101 Å². The van der Waals surface area contributed by atoms with E-state index in [2.05, 4.69) is 5.32 Å². The Hall–Kier alpha value is -1.46. The molecule has 0 saturated heterocycles. The van der Waals surface area contributed by atoms with Gasteiger partial charge in [0.2, 0.25) is 0 Å². The molecule has 0 radical (unpaired) electrons. The molecule has 0 unspecified atom stereocenters. The second-order valence-electron chi connectivity index (χ2n) is 2.84. The van der Waals surface area contributed by atoms with Gasteiger partial charge >= 0.3 is 11.9 Å². The minimum absolute atomic E-state index is 0.0972. The van der Waals surface area contributed by atoms with Crippen molar-refractivity contribution in [2.45, 2.75) is 0 Å². The van der Waals surface area contributed by atoms with Crippen LogP contribution in [0.5, 0.6) is 0 Å². The van der Waals surface area contributed by atoms with Crippen LogP contribution in [0.3, 0.4) is 0 Å². The zero-order valence-electron chi connectivity index (χ0n) is 7.83.